The van der Waals surface area contributed by atoms with Gasteiger partial charge in [-0.3, -0.25) is 0 Å². The highest BCUT2D eigenvalue weighted by molar-refractivity contribution is 5.68. The third kappa shape index (κ3) is 2.45. The van der Waals surface area contributed by atoms with Crippen LogP contribution in [0.2, 0.25) is 0 Å². The second-order valence-electron chi connectivity index (χ2n) is 2.44. The number of carboxylic acids is 1. The Balaban J connectivity index is 2.77. The zero-order valence-electron chi connectivity index (χ0n) is 7.03. The topological polar surface area (TPSA) is 70.3 Å². The molecular weight excluding hydrogens is 189 g/mol. The van der Waals surface area contributed by atoms with E-state index in [0.717, 1.165) is 6.07 Å². The molecule has 1 N–H and O–H groups in total. The molecule has 0 radical (unpaired) electrons. The molecule has 0 spiro atoms. The first-order valence-electron chi connectivity index (χ1n) is 3.67. The monoisotopic (exact) mass is 195 g/mol. The third-order valence-corrected chi connectivity index (χ3v) is 1.42. The summed E-state index contributed by atoms with van der Waals surface area (Å²) in [5.41, 5.74) is -0.104. The highest BCUT2D eigenvalue weighted by atomic mass is 19.1. The van der Waals surface area contributed by atoms with E-state index >= 15 is 0 Å². The van der Waals surface area contributed by atoms with Gasteiger partial charge in [0.1, 0.15) is 17.6 Å². The second kappa shape index (κ2) is 4.23. The van der Waals surface area contributed by atoms with Crippen LogP contribution in [0.4, 0.5) is 4.39 Å². The minimum absolute atomic E-state index is 0.0869. The van der Waals surface area contributed by atoms with Gasteiger partial charge in [0.25, 0.3) is 0 Å². The van der Waals surface area contributed by atoms with Gasteiger partial charge in [0.15, 0.2) is 6.61 Å². The van der Waals surface area contributed by atoms with Crippen LogP contribution in [0.3, 0.4) is 0 Å². The van der Waals surface area contributed by atoms with Crippen LogP contribution >= 0.6 is 0 Å². The molecule has 72 valence electrons. The Kier molecular flexibility index (Phi) is 3.02. The number of carbonyl (C=O) groups is 1. The molecule has 0 amide bonds. The Hall–Kier alpha value is -2.09. The summed E-state index contributed by atoms with van der Waals surface area (Å²) in [5.74, 6) is -1.78. The summed E-state index contributed by atoms with van der Waals surface area (Å²) in [7, 11) is 0. The van der Waals surface area contributed by atoms with Crippen LogP contribution < -0.4 is 4.74 Å². The summed E-state index contributed by atoms with van der Waals surface area (Å²) in [6.45, 7) is -0.536. The number of ether oxygens (including phenoxy) is 1. The minimum Gasteiger partial charge on any atom is -0.482 e. The van der Waals surface area contributed by atoms with Crippen molar-refractivity contribution in [2.24, 2.45) is 0 Å². The molecule has 0 saturated heterocycles. The molecule has 0 aliphatic carbocycles. The average Bonchev–Trinajstić information content (AvgIpc) is 2.15. The van der Waals surface area contributed by atoms with Crippen molar-refractivity contribution in [3.8, 4) is 11.8 Å². The van der Waals surface area contributed by atoms with Crippen LogP contribution in [-0.4, -0.2) is 17.7 Å². The summed E-state index contributed by atoms with van der Waals surface area (Å²) in [5, 5.41) is 16.7. The molecule has 5 heteroatoms. The van der Waals surface area contributed by atoms with Gasteiger partial charge in [-0.05, 0) is 12.1 Å². The Bertz CT molecular complexity index is 398. The Labute approximate surface area is 79.2 Å². The Morgan fingerprint density at radius 1 is 1.64 bits per heavy atom. The van der Waals surface area contributed by atoms with E-state index < -0.39 is 18.4 Å². The molecule has 4 nitrogen and oxygen atoms in total. The maximum Gasteiger partial charge on any atom is 0.341 e. The second-order valence-corrected chi connectivity index (χ2v) is 2.44. The third-order valence-electron chi connectivity index (χ3n) is 1.42. The maximum atomic E-state index is 12.9. The summed E-state index contributed by atoms with van der Waals surface area (Å²) >= 11 is 0. The van der Waals surface area contributed by atoms with E-state index in [1.165, 1.54) is 12.1 Å². The number of nitrogens with zero attached hydrogens (tertiary/aromatic N) is 1. The van der Waals surface area contributed by atoms with E-state index in [1.807, 2.05) is 0 Å². The number of hydrogen-bond acceptors (Lipinski definition) is 3. The zero-order valence-corrected chi connectivity index (χ0v) is 7.03. The maximum absolute atomic E-state index is 12.9. The fraction of sp³-hybridized carbons (Fsp3) is 0.111. The van der Waals surface area contributed by atoms with Crippen molar-refractivity contribution in [3.05, 3.63) is 29.6 Å². The van der Waals surface area contributed by atoms with E-state index in [1.54, 1.807) is 6.07 Å². The smallest absolute Gasteiger partial charge is 0.341 e. The Morgan fingerprint density at radius 2 is 2.36 bits per heavy atom. The summed E-state index contributed by atoms with van der Waals surface area (Å²) in [4.78, 5) is 10.1. The van der Waals surface area contributed by atoms with Gasteiger partial charge in [-0.25, -0.2) is 9.18 Å². The van der Waals surface area contributed by atoms with Crippen molar-refractivity contribution in [1.29, 1.82) is 5.26 Å². The standard InChI is InChI=1S/C9H6FNO3/c10-8-3-7(14-5-9(12)13)2-1-6(8)4-11/h1-3H,5H2,(H,12,13). The lowest BCUT2D eigenvalue weighted by Gasteiger charge is -2.02. The van der Waals surface area contributed by atoms with Gasteiger partial charge in [-0.15, -0.1) is 0 Å². The SMILES string of the molecule is N#Cc1ccc(OCC(=O)O)cc1F. The van der Waals surface area contributed by atoms with Crippen molar-refractivity contribution in [3.63, 3.8) is 0 Å². The predicted molar refractivity (Wildman–Crippen MR) is 44.2 cm³/mol. The van der Waals surface area contributed by atoms with Crippen molar-refractivity contribution in [1.82, 2.24) is 0 Å². The molecule has 0 atom stereocenters. The molecule has 1 aromatic carbocycles. The largest absolute Gasteiger partial charge is 0.482 e. The lowest BCUT2D eigenvalue weighted by molar-refractivity contribution is -0.139. The van der Waals surface area contributed by atoms with Gasteiger partial charge in [0.2, 0.25) is 0 Å². The molecule has 0 fully saturated rings. The zero-order chi connectivity index (χ0) is 10.6. The molecule has 0 bridgehead atoms. The van der Waals surface area contributed by atoms with Gasteiger partial charge in [-0.1, -0.05) is 0 Å². The van der Waals surface area contributed by atoms with Crippen LogP contribution in [-0.2, 0) is 4.79 Å². The first kappa shape index (κ1) is 9.99. The van der Waals surface area contributed by atoms with Crippen LogP contribution in [0.5, 0.6) is 5.75 Å². The van der Waals surface area contributed by atoms with E-state index in [9.17, 15) is 9.18 Å². The lowest BCUT2D eigenvalue weighted by Crippen LogP contribution is -2.09. The predicted octanol–water partition coefficient (Wildman–Crippen LogP) is 1.16. The number of hydrogen-bond donors (Lipinski definition) is 1. The first-order valence-corrected chi connectivity index (χ1v) is 3.67. The van der Waals surface area contributed by atoms with E-state index in [4.69, 9.17) is 15.1 Å². The van der Waals surface area contributed by atoms with Crippen LogP contribution in [0.1, 0.15) is 5.56 Å². The van der Waals surface area contributed by atoms with Crippen molar-refractivity contribution >= 4 is 5.97 Å². The molecule has 0 saturated carbocycles. The highest BCUT2D eigenvalue weighted by Gasteiger charge is 2.04. The first-order chi connectivity index (χ1) is 6.63. The normalized spacial score (nSPS) is 9.14. The van der Waals surface area contributed by atoms with Crippen molar-refractivity contribution < 1.29 is 19.0 Å². The average molecular weight is 195 g/mol. The fourth-order valence-electron chi connectivity index (χ4n) is 0.821. The summed E-state index contributed by atoms with van der Waals surface area (Å²) < 4.78 is 17.6. The molecular formula is C9H6FNO3. The van der Waals surface area contributed by atoms with Crippen molar-refractivity contribution in [2.75, 3.05) is 6.61 Å². The number of rotatable bonds is 3. The number of nitriles is 1. The molecule has 0 aromatic heterocycles. The van der Waals surface area contributed by atoms with Crippen LogP contribution in [0, 0.1) is 17.1 Å². The minimum atomic E-state index is -1.14. The molecule has 0 unspecified atom stereocenters. The summed E-state index contributed by atoms with van der Waals surface area (Å²) in [6, 6.07) is 5.18. The highest BCUT2D eigenvalue weighted by Crippen LogP contribution is 2.15. The van der Waals surface area contributed by atoms with E-state index in [0.29, 0.717) is 0 Å². The number of aliphatic carboxylic acids is 1. The van der Waals surface area contributed by atoms with Gasteiger partial charge in [-0.2, -0.15) is 5.26 Å². The van der Waals surface area contributed by atoms with E-state index in [-0.39, 0.29) is 11.3 Å². The van der Waals surface area contributed by atoms with E-state index in [2.05, 4.69) is 0 Å². The van der Waals surface area contributed by atoms with Gasteiger partial charge in [0, 0.05) is 6.07 Å². The lowest BCUT2D eigenvalue weighted by atomic mass is 10.2. The molecule has 0 aliphatic rings. The molecule has 1 aromatic rings. The number of carboxylic acid groups (broad SMARTS) is 1. The van der Waals surface area contributed by atoms with Crippen molar-refractivity contribution in [2.45, 2.75) is 0 Å². The molecule has 0 heterocycles. The van der Waals surface area contributed by atoms with Crippen LogP contribution in [0.25, 0.3) is 0 Å². The van der Waals surface area contributed by atoms with Gasteiger partial charge >= 0.3 is 5.97 Å². The number of benzene rings is 1. The summed E-state index contributed by atoms with van der Waals surface area (Å²) in [6.07, 6.45) is 0. The fourth-order valence-corrected chi connectivity index (χ4v) is 0.821. The Morgan fingerprint density at radius 3 is 2.86 bits per heavy atom. The van der Waals surface area contributed by atoms with Gasteiger partial charge < -0.3 is 9.84 Å². The van der Waals surface area contributed by atoms with Gasteiger partial charge in [0.05, 0.1) is 5.56 Å². The quantitative estimate of drug-likeness (QED) is 0.785. The van der Waals surface area contributed by atoms with Crippen LogP contribution in [0.15, 0.2) is 18.2 Å². The number of halogens is 1. The molecule has 0 aliphatic heterocycles. The molecule has 1 rings (SSSR count). The molecule has 14 heavy (non-hydrogen) atoms.